The minimum Gasteiger partial charge on any atom is -0.340 e. The maximum atomic E-state index is 12.5. The van der Waals surface area contributed by atoms with Gasteiger partial charge in [-0.15, -0.1) is 0 Å². The van der Waals surface area contributed by atoms with E-state index in [0.29, 0.717) is 12.1 Å². The summed E-state index contributed by atoms with van der Waals surface area (Å²) in [5.74, 6) is -0.222. The molecule has 0 aliphatic heterocycles. The zero-order chi connectivity index (χ0) is 18.9. The third-order valence-electron chi connectivity index (χ3n) is 3.48. The first-order chi connectivity index (χ1) is 11.8. The van der Waals surface area contributed by atoms with Gasteiger partial charge in [0.15, 0.2) is 0 Å². The zero-order valence-corrected chi connectivity index (χ0v) is 13.9. The lowest BCUT2D eigenvalue weighted by Crippen LogP contribution is -2.39. The molecule has 0 unspecified atom stereocenters. The Morgan fingerprint density at radius 2 is 1.60 bits per heavy atom. The summed E-state index contributed by atoms with van der Waals surface area (Å²) in [6.07, 6.45) is -4.01. The summed E-state index contributed by atoms with van der Waals surface area (Å²) in [5.41, 5.74) is -0.0574. The molecule has 0 bridgehead atoms. The summed E-state index contributed by atoms with van der Waals surface area (Å²) in [7, 11) is 1.68. The number of carbonyl (C=O) groups excluding carboxylic acids is 1. The smallest absolute Gasteiger partial charge is 0.340 e. The fourth-order valence-electron chi connectivity index (χ4n) is 2.23. The summed E-state index contributed by atoms with van der Waals surface area (Å²) in [4.78, 5) is 15.4. The third-order valence-corrected chi connectivity index (χ3v) is 3.48. The number of benzene rings is 1. The SMILES string of the molecule is CN(CC(=O)N(CCC#N)CCC#N)Cc1ccc(C(F)(F)F)cc1. The molecule has 1 aromatic carbocycles. The molecule has 134 valence electrons. The van der Waals surface area contributed by atoms with Crippen LogP contribution in [0.1, 0.15) is 24.0 Å². The average molecular weight is 352 g/mol. The minimum atomic E-state index is -4.37. The van der Waals surface area contributed by atoms with Crippen LogP contribution in [0.4, 0.5) is 13.2 Å². The molecule has 0 aliphatic rings. The first-order valence-electron chi connectivity index (χ1n) is 7.64. The Hall–Kier alpha value is -2.58. The fourth-order valence-corrected chi connectivity index (χ4v) is 2.23. The highest BCUT2D eigenvalue weighted by Gasteiger charge is 2.29. The second-order valence-corrected chi connectivity index (χ2v) is 5.56. The lowest BCUT2D eigenvalue weighted by molar-refractivity contribution is -0.137. The molecule has 0 spiro atoms. The van der Waals surface area contributed by atoms with Gasteiger partial charge in [0.25, 0.3) is 0 Å². The highest BCUT2D eigenvalue weighted by Crippen LogP contribution is 2.29. The van der Waals surface area contributed by atoms with E-state index < -0.39 is 11.7 Å². The molecule has 0 heterocycles. The maximum Gasteiger partial charge on any atom is 0.416 e. The van der Waals surface area contributed by atoms with Gasteiger partial charge in [-0.2, -0.15) is 23.7 Å². The summed E-state index contributed by atoms with van der Waals surface area (Å²) in [5, 5.41) is 17.3. The van der Waals surface area contributed by atoms with Crippen molar-refractivity contribution in [1.29, 1.82) is 10.5 Å². The van der Waals surface area contributed by atoms with E-state index in [4.69, 9.17) is 10.5 Å². The number of hydrogen-bond donors (Lipinski definition) is 0. The van der Waals surface area contributed by atoms with Crippen LogP contribution in [0.2, 0.25) is 0 Å². The van der Waals surface area contributed by atoms with Crippen molar-refractivity contribution in [2.45, 2.75) is 25.6 Å². The van der Waals surface area contributed by atoms with Crippen LogP contribution in [0.5, 0.6) is 0 Å². The quantitative estimate of drug-likeness (QED) is 0.721. The lowest BCUT2D eigenvalue weighted by Gasteiger charge is -2.24. The van der Waals surface area contributed by atoms with Crippen molar-refractivity contribution in [1.82, 2.24) is 9.80 Å². The van der Waals surface area contributed by atoms with E-state index in [0.717, 1.165) is 12.1 Å². The van der Waals surface area contributed by atoms with Crippen LogP contribution < -0.4 is 0 Å². The van der Waals surface area contributed by atoms with Crippen LogP contribution >= 0.6 is 0 Å². The largest absolute Gasteiger partial charge is 0.416 e. The Bertz CT molecular complexity index is 626. The summed E-state index contributed by atoms with van der Waals surface area (Å²) in [6.45, 7) is 0.877. The number of nitriles is 2. The Labute approximate surface area is 144 Å². The van der Waals surface area contributed by atoms with Gasteiger partial charge in [-0.05, 0) is 24.7 Å². The van der Waals surface area contributed by atoms with E-state index in [9.17, 15) is 18.0 Å². The van der Waals surface area contributed by atoms with Gasteiger partial charge < -0.3 is 4.90 Å². The Morgan fingerprint density at radius 1 is 1.08 bits per heavy atom. The average Bonchev–Trinajstić information content (AvgIpc) is 2.54. The number of alkyl halides is 3. The highest BCUT2D eigenvalue weighted by molar-refractivity contribution is 5.78. The maximum absolute atomic E-state index is 12.5. The van der Waals surface area contributed by atoms with Crippen molar-refractivity contribution in [3.05, 3.63) is 35.4 Å². The number of likely N-dealkylation sites (N-methyl/N-ethyl adjacent to an activating group) is 1. The van der Waals surface area contributed by atoms with E-state index in [2.05, 4.69) is 0 Å². The second kappa shape index (κ2) is 9.65. The fraction of sp³-hybridized carbons (Fsp3) is 0.471. The number of carbonyl (C=O) groups is 1. The van der Waals surface area contributed by atoms with E-state index in [-0.39, 0.29) is 38.4 Å². The molecule has 0 N–H and O–H groups in total. The van der Waals surface area contributed by atoms with Crippen LogP contribution in [0, 0.1) is 22.7 Å². The Balaban J connectivity index is 2.61. The van der Waals surface area contributed by atoms with Gasteiger partial charge in [-0.1, -0.05) is 12.1 Å². The van der Waals surface area contributed by atoms with Gasteiger partial charge in [0.05, 0.1) is 37.1 Å². The van der Waals surface area contributed by atoms with Gasteiger partial charge in [0.2, 0.25) is 5.91 Å². The predicted molar refractivity (Wildman–Crippen MR) is 84.8 cm³/mol. The number of amides is 1. The van der Waals surface area contributed by atoms with Crippen LogP contribution in [0.15, 0.2) is 24.3 Å². The van der Waals surface area contributed by atoms with Crippen molar-refractivity contribution in [3.63, 3.8) is 0 Å². The van der Waals surface area contributed by atoms with Crippen molar-refractivity contribution in [2.75, 3.05) is 26.7 Å². The van der Waals surface area contributed by atoms with Gasteiger partial charge in [0.1, 0.15) is 0 Å². The molecule has 5 nitrogen and oxygen atoms in total. The monoisotopic (exact) mass is 352 g/mol. The van der Waals surface area contributed by atoms with Gasteiger partial charge >= 0.3 is 6.18 Å². The molecule has 0 aliphatic carbocycles. The summed E-state index contributed by atoms with van der Waals surface area (Å²) < 4.78 is 37.6. The van der Waals surface area contributed by atoms with Gasteiger partial charge in [0, 0.05) is 19.6 Å². The molecule has 1 aromatic rings. The highest BCUT2D eigenvalue weighted by atomic mass is 19.4. The second-order valence-electron chi connectivity index (χ2n) is 5.56. The van der Waals surface area contributed by atoms with Gasteiger partial charge in [-0.3, -0.25) is 9.69 Å². The molecule has 8 heteroatoms. The Morgan fingerprint density at radius 3 is 2.04 bits per heavy atom. The molecular weight excluding hydrogens is 333 g/mol. The summed E-state index contributed by atoms with van der Waals surface area (Å²) in [6, 6.07) is 8.70. The first kappa shape index (κ1) is 20.5. The van der Waals surface area contributed by atoms with Gasteiger partial charge in [-0.25, -0.2) is 0 Å². The molecule has 1 amide bonds. The minimum absolute atomic E-state index is 0.0535. The molecule has 0 saturated carbocycles. The normalized spacial score (nSPS) is 11.0. The molecule has 1 rings (SSSR count). The van der Waals surface area contributed by atoms with Crippen LogP contribution in [0.25, 0.3) is 0 Å². The number of halogens is 3. The molecule has 0 saturated heterocycles. The zero-order valence-electron chi connectivity index (χ0n) is 13.9. The molecule has 0 atom stereocenters. The Kier molecular flexibility index (Phi) is 7.90. The molecule has 0 radical (unpaired) electrons. The van der Waals surface area contributed by atoms with Crippen molar-refractivity contribution < 1.29 is 18.0 Å². The van der Waals surface area contributed by atoms with Crippen LogP contribution in [-0.4, -0.2) is 42.4 Å². The van der Waals surface area contributed by atoms with E-state index in [1.165, 1.54) is 17.0 Å². The standard InChI is InChI=1S/C17H19F3N4O/c1-23(12-14-4-6-15(7-5-14)17(18,19)20)13-16(25)24(10-2-8-21)11-3-9-22/h4-7H,2-3,10-13H2,1H3. The molecule has 0 aromatic heterocycles. The topological polar surface area (TPSA) is 71.1 Å². The van der Waals surface area contributed by atoms with E-state index >= 15 is 0 Å². The number of hydrogen-bond acceptors (Lipinski definition) is 4. The molecule has 0 fully saturated rings. The first-order valence-corrected chi connectivity index (χ1v) is 7.64. The molecular formula is C17H19F3N4O. The third kappa shape index (κ3) is 7.23. The summed E-state index contributed by atoms with van der Waals surface area (Å²) >= 11 is 0. The van der Waals surface area contributed by atoms with Crippen LogP contribution in [-0.2, 0) is 17.5 Å². The van der Waals surface area contributed by atoms with Crippen molar-refractivity contribution >= 4 is 5.91 Å². The van der Waals surface area contributed by atoms with Crippen LogP contribution in [0.3, 0.4) is 0 Å². The van der Waals surface area contributed by atoms with Crippen molar-refractivity contribution in [3.8, 4) is 12.1 Å². The number of rotatable bonds is 8. The van der Waals surface area contributed by atoms with Crippen molar-refractivity contribution in [2.24, 2.45) is 0 Å². The molecule has 25 heavy (non-hydrogen) atoms. The lowest BCUT2D eigenvalue weighted by atomic mass is 10.1. The predicted octanol–water partition coefficient (Wildman–Crippen LogP) is 2.79. The number of nitrogens with zero attached hydrogens (tertiary/aromatic N) is 4. The van der Waals surface area contributed by atoms with E-state index in [1.807, 2.05) is 12.1 Å². The van der Waals surface area contributed by atoms with E-state index in [1.54, 1.807) is 11.9 Å².